The normalized spacial score (nSPS) is 9.62. The van der Waals surface area contributed by atoms with E-state index >= 15 is 0 Å². The number of phenolic OH excluding ortho intramolecular Hbond substituents is 1. The van der Waals surface area contributed by atoms with Gasteiger partial charge in [0.15, 0.2) is 0 Å². The molecule has 0 aliphatic carbocycles. The maximum absolute atomic E-state index is 12.2. The molecule has 0 fully saturated rings. The third kappa shape index (κ3) is 3.85. The Morgan fingerprint density at radius 3 is 2.62 bits per heavy atom. The average Bonchev–Trinajstić information content (AvgIpc) is 2.47. The number of rotatable bonds is 2. The van der Waals surface area contributed by atoms with E-state index in [0.29, 0.717) is 11.3 Å². The van der Waals surface area contributed by atoms with E-state index in [2.05, 4.69) is 17.2 Å². The van der Waals surface area contributed by atoms with Crippen molar-refractivity contribution in [3.8, 4) is 17.6 Å². The topological polar surface area (TPSA) is 75.3 Å². The predicted octanol–water partition coefficient (Wildman–Crippen LogP) is 2.26. The highest BCUT2D eigenvalue weighted by molar-refractivity contribution is 6.05. The first-order valence-electron chi connectivity index (χ1n) is 6.50. The Labute approximate surface area is 123 Å². The van der Waals surface area contributed by atoms with Crippen molar-refractivity contribution >= 4 is 11.6 Å². The molecule has 0 radical (unpaired) electrons. The van der Waals surface area contributed by atoms with Gasteiger partial charge in [-0.3, -0.25) is 4.79 Å². The molecule has 4 nitrogen and oxygen atoms in total. The van der Waals surface area contributed by atoms with Gasteiger partial charge in [0.2, 0.25) is 0 Å². The van der Waals surface area contributed by atoms with Crippen LogP contribution >= 0.6 is 0 Å². The van der Waals surface area contributed by atoms with Crippen LogP contribution in [-0.2, 0) is 0 Å². The van der Waals surface area contributed by atoms with Gasteiger partial charge < -0.3 is 16.2 Å². The summed E-state index contributed by atoms with van der Waals surface area (Å²) in [5.74, 6) is 5.58. The first-order valence-corrected chi connectivity index (χ1v) is 6.50. The molecule has 0 spiro atoms. The SMILES string of the molecule is Cc1ccc(C#CCN)c(NC(=O)c2ccc(O)cc2)c1. The van der Waals surface area contributed by atoms with Gasteiger partial charge >= 0.3 is 0 Å². The van der Waals surface area contributed by atoms with Gasteiger partial charge in [-0.1, -0.05) is 17.9 Å². The zero-order valence-corrected chi connectivity index (χ0v) is 11.7. The average molecular weight is 280 g/mol. The zero-order chi connectivity index (χ0) is 15.2. The van der Waals surface area contributed by atoms with E-state index in [1.807, 2.05) is 25.1 Å². The van der Waals surface area contributed by atoms with E-state index < -0.39 is 0 Å². The second-order valence-electron chi connectivity index (χ2n) is 4.56. The maximum atomic E-state index is 12.2. The molecule has 0 atom stereocenters. The minimum Gasteiger partial charge on any atom is -0.508 e. The number of phenols is 1. The van der Waals surface area contributed by atoms with E-state index in [1.54, 1.807) is 12.1 Å². The Balaban J connectivity index is 2.27. The summed E-state index contributed by atoms with van der Waals surface area (Å²) >= 11 is 0. The minimum atomic E-state index is -0.253. The highest BCUT2D eigenvalue weighted by Gasteiger charge is 2.08. The summed E-state index contributed by atoms with van der Waals surface area (Å²) in [6, 6.07) is 11.7. The summed E-state index contributed by atoms with van der Waals surface area (Å²) in [7, 11) is 0. The molecule has 0 aromatic heterocycles. The van der Waals surface area contributed by atoms with Crippen molar-refractivity contribution < 1.29 is 9.90 Å². The molecule has 0 saturated heterocycles. The lowest BCUT2D eigenvalue weighted by atomic mass is 10.1. The lowest BCUT2D eigenvalue weighted by Crippen LogP contribution is -2.12. The number of hydrogen-bond donors (Lipinski definition) is 3. The fraction of sp³-hybridized carbons (Fsp3) is 0.118. The van der Waals surface area contributed by atoms with Crippen molar-refractivity contribution in [2.24, 2.45) is 5.73 Å². The number of carbonyl (C=O) groups is 1. The number of benzene rings is 2. The number of nitrogens with one attached hydrogen (secondary N) is 1. The minimum absolute atomic E-state index is 0.122. The Morgan fingerprint density at radius 1 is 1.24 bits per heavy atom. The monoisotopic (exact) mass is 280 g/mol. The van der Waals surface area contributed by atoms with Gasteiger partial charge in [-0.05, 0) is 48.9 Å². The number of aryl methyl sites for hydroxylation is 1. The standard InChI is InChI=1S/C17H16N2O2/c1-12-4-5-13(3-2-10-18)16(11-12)19-17(21)14-6-8-15(20)9-7-14/h4-9,11,20H,10,18H2,1H3,(H,19,21). The number of anilines is 1. The molecular weight excluding hydrogens is 264 g/mol. The number of hydrogen-bond acceptors (Lipinski definition) is 3. The summed E-state index contributed by atoms with van der Waals surface area (Å²) < 4.78 is 0. The second-order valence-corrected chi connectivity index (χ2v) is 4.56. The van der Waals surface area contributed by atoms with Crippen molar-refractivity contribution in [2.45, 2.75) is 6.92 Å². The van der Waals surface area contributed by atoms with Gasteiger partial charge in [-0.15, -0.1) is 0 Å². The van der Waals surface area contributed by atoms with Crippen LogP contribution in [-0.4, -0.2) is 17.6 Å². The largest absolute Gasteiger partial charge is 0.508 e. The van der Waals surface area contributed by atoms with E-state index in [-0.39, 0.29) is 18.2 Å². The van der Waals surface area contributed by atoms with Crippen molar-refractivity contribution in [3.63, 3.8) is 0 Å². The van der Waals surface area contributed by atoms with Crippen LogP contribution in [0.3, 0.4) is 0 Å². The molecule has 0 saturated carbocycles. The highest BCUT2D eigenvalue weighted by atomic mass is 16.3. The number of amides is 1. The van der Waals surface area contributed by atoms with Crippen molar-refractivity contribution in [1.82, 2.24) is 0 Å². The number of nitrogens with two attached hydrogens (primary N) is 1. The molecular formula is C17H16N2O2. The molecule has 4 N–H and O–H groups in total. The van der Waals surface area contributed by atoms with Crippen LogP contribution in [0.4, 0.5) is 5.69 Å². The molecule has 0 unspecified atom stereocenters. The van der Waals surface area contributed by atoms with E-state index in [1.165, 1.54) is 12.1 Å². The Hall–Kier alpha value is -2.77. The van der Waals surface area contributed by atoms with Gasteiger partial charge in [0.25, 0.3) is 5.91 Å². The van der Waals surface area contributed by atoms with Crippen LogP contribution in [0.15, 0.2) is 42.5 Å². The Kier molecular flexibility index (Phi) is 4.60. The quantitative estimate of drug-likeness (QED) is 0.739. The summed E-state index contributed by atoms with van der Waals surface area (Å²) in [4.78, 5) is 12.2. The molecule has 1 amide bonds. The molecule has 2 aromatic carbocycles. The molecule has 0 aliphatic heterocycles. The van der Waals surface area contributed by atoms with Crippen molar-refractivity contribution in [2.75, 3.05) is 11.9 Å². The first-order chi connectivity index (χ1) is 10.1. The lowest BCUT2D eigenvalue weighted by molar-refractivity contribution is 0.102. The molecule has 21 heavy (non-hydrogen) atoms. The van der Waals surface area contributed by atoms with Crippen LogP contribution in [0, 0.1) is 18.8 Å². The van der Waals surface area contributed by atoms with Crippen LogP contribution in [0.1, 0.15) is 21.5 Å². The highest BCUT2D eigenvalue weighted by Crippen LogP contribution is 2.18. The number of carbonyl (C=O) groups excluding carboxylic acids is 1. The summed E-state index contributed by atoms with van der Waals surface area (Å²) in [5, 5.41) is 12.1. The van der Waals surface area contributed by atoms with Gasteiger partial charge in [0, 0.05) is 11.1 Å². The molecule has 0 aliphatic rings. The maximum Gasteiger partial charge on any atom is 0.255 e. The van der Waals surface area contributed by atoms with Gasteiger partial charge in [0.1, 0.15) is 5.75 Å². The van der Waals surface area contributed by atoms with Crippen LogP contribution in [0.5, 0.6) is 5.75 Å². The van der Waals surface area contributed by atoms with Gasteiger partial charge in [-0.25, -0.2) is 0 Å². The summed E-state index contributed by atoms with van der Waals surface area (Å²) in [6.45, 7) is 2.20. The molecule has 0 heterocycles. The Morgan fingerprint density at radius 2 is 1.95 bits per heavy atom. The zero-order valence-electron chi connectivity index (χ0n) is 11.7. The van der Waals surface area contributed by atoms with Crippen molar-refractivity contribution in [3.05, 3.63) is 59.2 Å². The third-order valence-corrected chi connectivity index (χ3v) is 2.88. The number of aromatic hydroxyl groups is 1. The van der Waals surface area contributed by atoms with E-state index in [9.17, 15) is 9.90 Å². The van der Waals surface area contributed by atoms with E-state index in [4.69, 9.17) is 5.73 Å². The van der Waals surface area contributed by atoms with Gasteiger partial charge in [0.05, 0.1) is 12.2 Å². The van der Waals surface area contributed by atoms with Gasteiger partial charge in [-0.2, -0.15) is 0 Å². The van der Waals surface area contributed by atoms with Crippen LogP contribution in [0.2, 0.25) is 0 Å². The fourth-order valence-electron chi connectivity index (χ4n) is 1.82. The lowest BCUT2D eigenvalue weighted by Gasteiger charge is -2.09. The molecule has 4 heteroatoms. The fourth-order valence-corrected chi connectivity index (χ4v) is 1.82. The van der Waals surface area contributed by atoms with E-state index in [0.717, 1.165) is 11.1 Å². The molecule has 0 bridgehead atoms. The smallest absolute Gasteiger partial charge is 0.255 e. The molecule has 2 aromatic rings. The third-order valence-electron chi connectivity index (χ3n) is 2.88. The van der Waals surface area contributed by atoms with Crippen LogP contribution in [0.25, 0.3) is 0 Å². The van der Waals surface area contributed by atoms with Crippen LogP contribution < -0.4 is 11.1 Å². The molecule has 2 rings (SSSR count). The Bertz CT molecular complexity index is 710. The summed E-state index contributed by atoms with van der Waals surface area (Å²) in [5.41, 5.74) is 8.23. The summed E-state index contributed by atoms with van der Waals surface area (Å²) in [6.07, 6.45) is 0. The second kappa shape index (κ2) is 6.60. The predicted molar refractivity (Wildman–Crippen MR) is 83.2 cm³/mol. The first kappa shape index (κ1) is 14.6. The van der Waals surface area contributed by atoms with Crippen molar-refractivity contribution in [1.29, 1.82) is 0 Å². The molecule has 106 valence electrons.